The summed E-state index contributed by atoms with van der Waals surface area (Å²) in [4.78, 5) is 42.7. The second-order valence-electron chi connectivity index (χ2n) is 9.77. The van der Waals surface area contributed by atoms with Crippen LogP contribution in [0, 0.1) is 5.82 Å². The second kappa shape index (κ2) is 12.6. The first-order chi connectivity index (χ1) is 19.3. The van der Waals surface area contributed by atoms with E-state index >= 15 is 0 Å². The molecule has 2 amide bonds. The maximum atomic E-state index is 13.6. The normalized spacial score (nSPS) is 17.8. The van der Waals surface area contributed by atoms with Crippen LogP contribution in [-0.2, 0) is 4.79 Å². The summed E-state index contributed by atoms with van der Waals surface area (Å²) in [5, 5.41) is 1.42. The van der Waals surface area contributed by atoms with E-state index in [1.54, 1.807) is 17.0 Å². The molecule has 3 heterocycles. The second-order valence-corrected chi connectivity index (χ2v) is 11.5. The van der Waals surface area contributed by atoms with Gasteiger partial charge in [-0.15, -0.1) is 0 Å². The molecule has 0 radical (unpaired) electrons. The van der Waals surface area contributed by atoms with Crippen molar-refractivity contribution >= 4 is 58.3 Å². The topological polar surface area (TPSA) is 72.9 Å². The Hall–Kier alpha value is -3.08. The van der Waals surface area contributed by atoms with E-state index in [0.717, 1.165) is 18.8 Å². The van der Waals surface area contributed by atoms with Gasteiger partial charge >= 0.3 is 0 Å². The maximum Gasteiger partial charge on any atom is 0.254 e. The van der Waals surface area contributed by atoms with Crippen LogP contribution in [0.15, 0.2) is 59.8 Å². The number of amides is 2. The molecule has 210 valence electrons. The van der Waals surface area contributed by atoms with Crippen molar-refractivity contribution in [1.82, 2.24) is 19.8 Å². The van der Waals surface area contributed by atoms with E-state index in [1.165, 1.54) is 30.0 Å². The van der Waals surface area contributed by atoms with E-state index in [1.807, 2.05) is 36.1 Å². The Morgan fingerprint density at radius 1 is 0.950 bits per heavy atom. The lowest BCUT2D eigenvalue weighted by atomic mass is 10.1. The van der Waals surface area contributed by atoms with E-state index in [-0.39, 0.29) is 23.6 Å². The van der Waals surface area contributed by atoms with Gasteiger partial charge in [0.15, 0.2) is 5.16 Å². The highest BCUT2D eigenvalue weighted by atomic mass is 35.5. The number of aromatic nitrogens is 2. The number of hydrogen-bond donors (Lipinski definition) is 0. The number of thioether (sulfide) groups is 1. The molecule has 2 aliphatic rings. The lowest BCUT2D eigenvalue weighted by Gasteiger charge is -2.40. The molecule has 0 spiro atoms. The van der Waals surface area contributed by atoms with E-state index in [4.69, 9.17) is 23.2 Å². The summed E-state index contributed by atoms with van der Waals surface area (Å²) in [5.41, 5.74) is 1.39. The fourth-order valence-corrected chi connectivity index (χ4v) is 6.14. The van der Waals surface area contributed by atoms with Crippen LogP contribution in [-0.4, -0.2) is 89.2 Å². The van der Waals surface area contributed by atoms with E-state index in [0.29, 0.717) is 59.4 Å². The first-order valence-corrected chi connectivity index (χ1v) is 14.8. The molecule has 1 aromatic heterocycles. The Morgan fingerprint density at radius 2 is 1.70 bits per heavy atom. The summed E-state index contributed by atoms with van der Waals surface area (Å²) in [6.45, 7) is 6.22. The Morgan fingerprint density at radius 3 is 2.42 bits per heavy atom. The third-order valence-corrected chi connectivity index (χ3v) is 8.34. The van der Waals surface area contributed by atoms with Gasteiger partial charge in [0.2, 0.25) is 5.91 Å². The molecule has 2 aromatic carbocycles. The number of nitrogens with zero attached hydrogens (tertiary/aromatic N) is 6. The number of halogens is 3. The van der Waals surface area contributed by atoms with Gasteiger partial charge in [-0.3, -0.25) is 9.59 Å². The summed E-state index contributed by atoms with van der Waals surface area (Å²) in [6, 6.07) is 15.1. The Kier molecular flexibility index (Phi) is 8.97. The number of hydrogen-bond acceptors (Lipinski definition) is 7. The van der Waals surface area contributed by atoms with Crippen LogP contribution in [0.2, 0.25) is 10.2 Å². The van der Waals surface area contributed by atoms with Gasteiger partial charge in [-0.2, -0.15) is 0 Å². The minimum Gasteiger partial charge on any atom is -0.368 e. The minimum absolute atomic E-state index is 0.0268. The molecule has 40 heavy (non-hydrogen) atoms. The average molecular weight is 604 g/mol. The monoisotopic (exact) mass is 602 g/mol. The van der Waals surface area contributed by atoms with Gasteiger partial charge in [0.05, 0.1) is 5.75 Å². The van der Waals surface area contributed by atoms with Gasteiger partial charge in [-0.1, -0.05) is 47.1 Å². The maximum absolute atomic E-state index is 13.6. The lowest BCUT2D eigenvalue weighted by molar-refractivity contribution is -0.128. The van der Waals surface area contributed by atoms with Gasteiger partial charge < -0.3 is 19.6 Å². The quantitative estimate of drug-likeness (QED) is 0.230. The zero-order valence-electron chi connectivity index (χ0n) is 22.0. The fourth-order valence-electron chi connectivity index (χ4n) is 4.97. The molecular formula is C28H29Cl2FN6O2S. The molecule has 2 fully saturated rings. The Labute approximate surface area is 247 Å². The smallest absolute Gasteiger partial charge is 0.254 e. The molecule has 5 rings (SSSR count). The molecule has 0 N–H and O–H groups in total. The highest BCUT2D eigenvalue weighted by Gasteiger charge is 2.29. The van der Waals surface area contributed by atoms with Gasteiger partial charge in [0, 0.05) is 74.2 Å². The summed E-state index contributed by atoms with van der Waals surface area (Å²) < 4.78 is 13.6. The number of anilines is 2. The van der Waals surface area contributed by atoms with Crippen molar-refractivity contribution in [3.63, 3.8) is 0 Å². The molecule has 1 atom stereocenters. The molecular weight excluding hydrogens is 574 g/mol. The molecule has 3 aromatic rings. The molecule has 2 saturated heterocycles. The number of rotatable bonds is 6. The zero-order valence-corrected chi connectivity index (χ0v) is 24.3. The minimum atomic E-state index is -0.434. The van der Waals surface area contributed by atoms with Gasteiger partial charge in [0.25, 0.3) is 5.91 Å². The van der Waals surface area contributed by atoms with E-state index in [2.05, 4.69) is 19.8 Å². The van der Waals surface area contributed by atoms with Crippen molar-refractivity contribution in [1.29, 1.82) is 0 Å². The summed E-state index contributed by atoms with van der Waals surface area (Å²) in [7, 11) is 0. The average Bonchev–Trinajstić information content (AvgIpc) is 2.95. The van der Waals surface area contributed by atoms with Crippen LogP contribution >= 0.6 is 35.0 Å². The molecule has 12 heteroatoms. The molecule has 8 nitrogen and oxygen atoms in total. The van der Waals surface area contributed by atoms with Crippen LogP contribution in [0.3, 0.4) is 0 Å². The van der Waals surface area contributed by atoms with Crippen molar-refractivity contribution in [2.24, 2.45) is 0 Å². The number of carbonyl (C=O) groups is 2. The van der Waals surface area contributed by atoms with Crippen LogP contribution < -0.4 is 9.80 Å². The van der Waals surface area contributed by atoms with Crippen molar-refractivity contribution in [2.75, 3.05) is 61.4 Å². The first kappa shape index (κ1) is 28.4. The third kappa shape index (κ3) is 6.79. The van der Waals surface area contributed by atoms with Crippen LogP contribution in [0.1, 0.15) is 17.3 Å². The largest absolute Gasteiger partial charge is 0.368 e. The van der Waals surface area contributed by atoms with Crippen LogP contribution in [0.5, 0.6) is 0 Å². The molecule has 0 bridgehead atoms. The van der Waals surface area contributed by atoms with Crippen molar-refractivity contribution < 1.29 is 14.0 Å². The van der Waals surface area contributed by atoms with Crippen molar-refractivity contribution in [3.05, 3.63) is 76.2 Å². The Bertz CT molecular complexity index is 1390. The fraction of sp³-hybridized carbons (Fsp3) is 0.357. The van der Waals surface area contributed by atoms with Gasteiger partial charge in [-0.25, -0.2) is 14.4 Å². The number of carbonyl (C=O) groups excluding carboxylic acids is 2. The SMILES string of the molecule is CC1CN(c2cc(Cl)nc(SCC(=O)N3CCN(c4cccc(Cl)c4)CC3)n2)CCN1C(=O)c1cccc(F)c1. The summed E-state index contributed by atoms with van der Waals surface area (Å²) >= 11 is 13.7. The molecule has 0 saturated carbocycles. The van der Waals surface area contributed by atoms with Crippen LogP contribution in [0.4, 0.5) is 15.9 Å². The zero-order chi connectivity index (χ0) is 28.2. The van der Waals surface area contributed by atoms with E-state index in [9.17, 15) is 14.0 Å². The third-order valence-electron chi connectivity index (χ3n) is 7.08. The van der Waals surface area contributed by atoms with E-state index < -0.39 is 5.82 Å². The van der Waals surface area contributed by atoms with Gasteiger partial charge in [-0.05, 0) is 43.3 Å². The van der Waals surface area contributed by atoms with Crippen LogP contribution in [0.25, 0.3) is 0 Å². The number of piperazine rings is 2. The van der Waals surface area contributed by atoms with Crippen molar-refractivity contribution in [2.45, 2.75) is 18.1 Å². The molecule has 2 aliphatic heterocycles. The summed E-state index contributed by atoms with van der Waals surface area (Å²) in [6.07, 6.45) is 0. The highest BCUT2D eigenvalue weighted by Crippen LogP contribution is 2.26. The Balaban J connectivity index is 1.15. The molecule has 0 aliphatic carbocycles. The van der Waals surface area contributed by atoms with Gasteiger partial charge in [0.1, 0.15) is 16.8 Å². The first-order valence-electron chi connectivity index (χ1n) is 13.0. The summed E-state index contributed by atoms with van der Waals surface area (Å²) in [5.74, 6) is 0.254. The number of benzene rings is 2. The predicted octanol–water partition coefficient (Wildman–Crippen LogP) is 4.71. The van der Waals surface area contributed by atoms with Crippen molar-refractivity contribution in [3.8, 4) is 0 Å². The highest BCUT2D eigenvalue weighted by molar-refractivity contribution is 7.99. The lowest BCUT2D eigenvalue weighted by Crippen LogP contribution is -2.54. The predicted molar refractivity (Wildman–Crippen MR) is 157 cm³/mol. The standard InChI is InChI=1S/C28H29Cl2FN6O2S/c1-19-17-36(12-13-37(19)27(39)20-4-2-6-22(31)14-20)25-16-24(30)32-28(33-25)40-18-26(38)35-10-8-34(9-11-35)23-7-3-5-21(29)15-23/h2-7,14-16,19H,8-13,17-18H2,1H3. The molecule has 1 unspecified atom stereocenters.